The Bertz CT molecular complexity index is 599. The van der Waals surface area contributed by atoms with E-state index in [9.17, 15) is 4.79 Å². The molecule has 0 radical (unpaired) electrons. The van der Waals surface area contributed by atoms with Gasteiger partial charge in [0.25, 0.3) is 5.91 Å². The average molecular weight is 304 g/mol. The summed E-state index contributed by atoms with van der Waals surface area (Å²) in [6, 6.07) is 17.5. The molecule has 1 amide bonds. The molecule has 0 saturated carbocycles. The SMILES string of the molecule is C[NH+](C)[C@H](CNC(=O)c1ccccc1Cl)c1ccccc1. The van der Waals surface area contributed by atoms with Crippen LogP contribution in [0.4, 0.5) is 0 Å². The normalized spacial score (nSPS) is 12.2. The van der Waals surface area contributed by atoms with Crippen molar-refractivity contribution in [3.8, 4) is 0 Å². The molecule has 4 heteroatoms. The zero-order valence-electron chi connectivity index (χ0n) is 12.3. The molecule has 0 aliphatic rings. The van der Waals surface area contributed by atoms with Gasteiger partial charge in [-0.2, -0.15) is 0 Å². The number of nitrogens with one attached hydrogen (secondary N) is 2. The molecule has 0 bridgehead atoms. The average Bonchev–Trinajstić information content (AvgIpc) is 2.48. The molecule has 0 unspecified atom stereocenters. The highest BCUT2D eigenvalue weighted by molar-refractivity contribution is 6.33. The first-order valence-corrected chi connectivity index (χ1v) is 7.35. The first-order valence-electron chi connectivity index (χ1n) is 6.97. The van der Waals surface area contributed by atoms with E-state index < -0.39 is 0 Å². The van der Waals surface area contributed by atoms with Crippen molar-refractivity contribution in [1.29, 1.82) is 0 Å². The fraction of sp³-hybridized carbons (Fsp3) is 0.235. The molecule has 2 N–H and O–H groups in total. The Labute approximate surface area is 130 Å². The van der Waals surface area contributed by atoms with Gasteiger partial charge in [0, 0.05) is 5.56 Å². The number of hydrogen-bond donors (Lipinski definition) is 2. The van der Waals surface area contributed by atoms with Gasteiger partial charge < -0.3 is 10.2 Å². The summed E-state index contributed by atoms with van der Waals surface area (Å²) in [7, 11) is 4.17. The molecule has 0 heterocycles. The van der Waals surface area contributed by atoms with Crippen molar-refractivity contribution in [3.63, 3.8) is 0 Å². The molecule has 0 aliphatic carbocycles. The monoisotopic (exact) mass is 303 g/mol. The summed E-state index contributed by atoms with van der Waals surface area (Å²) in [5.41, 5.74) is 1.72. The van der Waals surface area contributed by atoms with Gasteiger partial charge in [0.1, 0.15) is 6.04 Å². The minimum Gasteiger partial charge on any atom is -0.346 e. The Balaban J connectivity index is 2.06. The van der Waals surface area contributed by atoms with Crippen LogP contribution in [0, 0.1) is 0 Å². The highest BCUT2D eigenvalue weighted by Crippen LogP contribution is 2.15. The van der Waals surface area contributed by atoms with Crippen LogP contribution in [-0.2, 0) is 0 Å². The third kappa shape index (κ3) is 4.06. The number of benzene rings is 2. The number of hydrogen-bond acceptors (Lipinski definition) is 1. The predicted molar refractivity (Wildman–Crippen MR) is 85.8 cm³/mol. The Morgan fingerprint density at radius 1 is 1.10 bits per heavy atom. The molecule has 0 saturated heterocycles. The quantitative estimate of drug-likeness (QED) is 0.870. The molecule has 2 rings (SSSR count). The lowest BCUT2D eigenvalue weighted by Gasteiger charge is -2.22. The molecule has 2 aromatic rings. The lowest BCUT2D eigenvalue weighted by molar-refractivity contribution is -0.890. The first-order chi connectivity index (χ1) is 10.1. The lowest BCUT2D eigenvalue weighted by Crippen LogP contribution is -3.07. The second-order valence-corrected chi connectivity index (χ2v) is 5.64. The minimum atomic E-state index is -0.136. The molecule has 0 aromatic heterocycles. The van der Waals surface area contributed by atoms with Crippen molar-refractivity contribution in [1.82, 2.24) is 5.32 Å². The van der Waals surface area contributed by atoms with E-state index in [1.165, 1.54) is 10.5 Å². The zero-order valence-corrected chi connectivity index (χ0v) is 13.0. The van der Waals surface area contributed by atoms with Crippen molar-refractivity contribution >= 4 is 17.5 Å². The highest BCUT2D eigenvalue weighted by Gasteiger charge is 2.19. The molecule has 0 aliphatic heterocycles. The Hall–Kier alpha value is -1.84. The van der Waals surface area contributed by atoms with Gasteiger partial charge in [-0.05, 0) is 12.1 Å². The topological polar surface area (TPSA) is 33.5 Å². The summed E-state index contributed by atoms with van der Waals surface area (Å²) in [6.07, 6.45) is 0. The van der Waals surface area contributed by atoms with Crippen molar-refractivity contribution < 1.29 is 9.69 Å². The maximum atomic E-state index is 12.2. The van der Waals surface area contributed by atoms with Crippen LogP contribution in [0.3, 0.4) is 0 Å². The van der Waals surface area contributed by atoms with Gasteiger partial charge in [0.2, 0.25) is 0 Å². The summed E-state index contributed by atoms with van der Waals surface area (Å²) in [6.45, 7) is 0.566. The van der Waals surface area contributed by atoms with E-state index in [1.54, 1.807) is 12.1 Å². The summed E-state index contributed by atoms with van der Waals surface area (Å²) >= 11 is 6.05. The summed E-state index contributed by atoms with van der Waals surface area (Å²) < 4.78 is 0. The largest absolute Gasteiger partial charge is 0.346 e. The Morgan fingerprint density at radius 3 is 2.33 bits per heavy atom. The second kappa shape index (κ2) is 7.25. The fourth-order valence-electron chi connectivity index (χ4n) is 2.28. The standard InChI is InChI=1S/C17H19ClN2O/c1-20(2)16(13-8-4-3-5-9-13)12-19-17(21)14-10-6-7-11-15(14)18/h3-11,16H,12H2,1-2H3,(H,19,21)/p+1/t16-/m1/s1. The first kappa shape index (κ1) is 15.5. The number of carbonyl (C=O) groups excluding carboxylic acids is 1. The third-order valence-corrected chi connectivity index (χ3v) is 3.81. The minimum absolute atomic E-state index is 0.136. The second-order valence-electron chi connectivity index (χ2n) is 5.23. The molecule has 110 valence electrons. The molecule has 3 nitrogen and oxygen atoms in total. The number of halogens is 1. The number of likely N-dealkylation sites (N-methyl/N-ethyl adjacent to an activating group) is 1. The summed E-state index contributed by atoms with van der Waals surface area (Å²) in [5, 5.41) is 3.45. The number of rotatable bonds is 5. The van der Waals surface area contributed by atoms with Crippen LogP contribution in [0.5, 0.6) is 0 Å². The van der Waals surface area contributed by atoms with Crippen LogP contribution in [0.15, 0.2) is 54.6 Å². The van der Waals surface area contributed by atoms with Crippen LogP contribution < -0.4 is 10.2 Å². The van der Waals surface area contributed by atoms with Crippen LogP contribution in [-0.4, -0.2) is 26.5 Å². The van der Waals surface area contributed by atoms with Crippen LogP contribution in [0.1, 0.15) is 22.0 Å². The van der Waals surface area contributed by atoms with Gasteiger partial charge >= 0.3 is 0 Å². The van der Waals surface area contributed by atoms with Gasteiger partial charge in [-0.3, -0.25) is 4.79 Å². The maximum Gasteiger partial charge on any atom is 0.253 e. The van der Waals surface area contributed by atoms with Gasteiger partial charge in [0.15, 0.2) is 0 Å². The van der Waals surface area contributed by atoms with E-state index >= 15 is 0 Å². The number of carbonyl (C=O) groups is 1. The van der Waals surface area contributed by atoms with E-state index in [-0.39, 0.29) is 11.9 Å². The maximum absolute atomic E-state index is 12.2. The fourth-order valence-corrected chi connectivity index (χ4v) is 2.50. The molecule has 0 spiro atoms. The van der Waals surface area contributed by atoms with Crippen molar-refractivity contribution in [3.05, 3.63) is 70.7 Å². The van der Waals surface area contributed by atoms with Gasteiger partial charge in [-0.1, -0.05) is 54.1 Å². The predicted octanol–water partition coefficient (Wildman–Crippen LogP) is 1.96. The van der Waals surface area contributed by atoms with Crippen LogP contribution in [0.25, 0.3) is 0 Å². The van der Waals surface area contributed by atoms with E-state index in [0.717, 1.165) is 0 Å². The van der Waals surface area contributed by atoms with Crippen molar-refractivity contribution in [2.45, 2.75) is 6.04 Å². The summed E-state index contributed by atoms with van der Waals surface area (Å²) in [5.74, 6) is -0.136. The van der Waals surface area contributed by atoms with Crippen LogP contribution >= 0.6 is 11.6 Å². The molecule has 2 aromatic carbocycles. The third-order valence-electron chi connectivity index (χ3n) is 3.48. The molecule has 1 atom stereocenters. The molecule has 0 fully saturated rings. The smallest absolute Gasteiger partial charge is 0.253 e. The molecule has 21 heavy (non-hydrogen) atoms. The number of quaternary nitrogens is 1. The molecular weight excluding hydrogens is 284 g/mol. The highest BCUT2D eigenvalue weighted by atomic mass is 35.5. The number of amides is 1. The van der Waals surface area contributed by atoms with Crippen molar-refractivity contribution in [2.75, 3.05) is 20.6 Å². The zero-order chi connectivity index (χ0) is 15.2. The van der Waals surface area contributed by atoms with E-state index in [0.29, 0.717) is 17.1 Å². The molecular formula is C17H20ClN2O+. The van der Waals surface area contributed by atoms with E-state index in [1.807, 2.05) is 30.3 Å². The van der Waals surface area contributed by atoms with Gasteiger partial charge in [0.05, 0.1) is 31.2 Å². The van der Waals surface area contributed by atoms with Crippen LogP contribution in [0.2, 0.25) is 5.02 Å². The Kier molecular flexibility index (Phi) is 5.37. The Morgan fingerprint density at radius 2 is 1.71 bits per heavy atom. The van der Waals surface area contributed by atoms with Gasteiger partial charge in [-0.15, -0.1) is 0 Å². The summed E-state index contributed by atoms with van der Waals surface area (Å²) in [4.78, 5) is 13.5. The van der Waals surface area contributed by atoms with E-state index in [4.69, 9.17) is 11.6 Å². The van der Waals surface area contributed by atoms with E-state index in [2.05, 4.69) is 31.5 Å². The van der Waals surface area contributed by atoms with Gasteiger partial charge in [-0.25, -0.2) is 0 Å². The lowest BCUT2D eigenvalue weighted by atomic mass is 10.1. The van der Waals surface area contributed by atoms with Crippen molar-refractivity contribution in [2.24, 2.45) is 0 Å².